The van der Waals surface area contributed by atoms with Crippen LogP contribution in [0.5, 0.6) is 11.5 Å². The Labute approximate surface area is 234 Å². The highest BCUT2D eigenvalue weighted by molar-refractivity contribution is 8.16. The lowest BCUT2D eigenvalue weighted by Crippen LogP contribution is -2.39. The normalized spacial score (nSPS) is 17.2. The number of hydrogen-bond donors (Lipinski definition) is 1. The molecule has 2 aliphatic rings. The van der Waals surface area contributed by atoms with Gasteiger partial charge in [0.25, 0.3) is 0 Å². The van der Waals surface area contributed by atoms with Gasteiger partial charge < -0.3 is 24.4 Å². The van der Waals surface area contributed by atoms with E-state index in [0.717, 1.165) is 28.4 Å². The standard InChI is InChI=1S/C30H35N3O5S/c1-6-19(3)31-26(34)16-22-18-39-30-32-23(7-2)27(29(35)37-5)28(33(22)30)21-13-14-24(25(15-21)36-4)38-17-20-11-9-8-10-12-20/h8-15,18-19,28H,6-7,16-17H2,1-5H3,(H,31,34)/t19-,28+/m1/s1. The van der Waals surface area contributed by atoms with Crippen molar-refractivity contribution < 1.29 is 23.8 Å². The van der Waals surface area contributed by atoms with E-state index in [0.29, 0.717) is 35.8 Å². The predicted molar refractivity (Wildman–Crippen MR) is 153 cm³/mol. The fourth-order valence-corrected chi connectivity index (χ4v) is 5.47. The summed E-state index contributed by atoms with van der Waals surface area (Å²) < 4.78 is 17.0. The molecule has 1 N–H and O–H groups in total. The Morgan fingerprint density at radius 3 is 2.54 bits per heavy atom. The van der Waals surface area contributed by atoms with Gasteiger partial charge in [0.15, 0.2) is 16.7 Å². The van der Waals surface area contributed by atoms with Crippen LogP contribution in [0.1, 0.15) is 57.2 Å². The van der Waals surface area contributed by atoms with Crippen molar-refractivity contribution in [2.24, 2.45) is 4.99 Å². The molecule has 2 aromatic carbocycles. The van der Waals surface area contributed by atoms with Crippen molar-refractivity contribution in [3.63, 3.8) is 0 Å². The third-order valence-corrected chi connectivity index (χ3v) is 7.62. The van der Waals surface area contributed by atoms with Gasteiger partial charge in [0.2, 0.25) is 5.91 Å². The highest BCUT2D eigenvalue weighted by Crippen LogP contribution is 2.46. The molecule has 0 aromatic heterocycles. The van der Waals surface area contributed by atoms with Gasteiger partial charge in [-0.15, -0.1) is 0 Å². The first kappa shape index (κ1) is 28.3. The van der Waals surface area contributed by atoms with Gasteiger partial charge in [-0.25, -0.2) is 9.79 Å². The van der Waals surface area contributed by atoms with Gasteiger partial charge in [-0.3, -0.25) is 4.79 Å². The molecule has 2 aromatic rings. The molecule has 0 unspecified atom stereocenters. The zero-order chi connectivity index (χ0) is 27.9. The Morgan fingerprint density at radius 1 is 1.10 bits per heavy atom. The first-order chi connectivity index (χ1) is 18.9. The van der Waals surface area contributed by atoms with Crippen LogP contribution in [0.15, 0.2) is 75.9 Å². The topological polar surface area (TPSA) is 89.5 Å². The lowest BCUT2D eigenvalue weighted by Gasteiger charge is -2.36. The lowest BCUT2D eigenvalue weighted by atomic mass is 9.92. The van der Waals surface area contributed by atoms with Crippen LogP contribution >= 0.6 is 11.8 Å². The Morgan fingerprint density at radius 2 is 1.87 bits per heavy atom. The number of nitrogens with one attached hydrogen (secondary N) is 1. The number of esters is 1. The van der Waals surface area contributed by atoms with Crippen LogP contribution in [0.4, 0.5) is 0 Å². The number of thioether (sulfide) groups is 1. The summed E-state index contributed by atoms with van der Waals surface area (Å²) in [6.07, 6.45) is 1.56. The predicted octanol–water partition coefficient (Wildman–Crippen LogP) is 5.72. The second-order valence-corrected chi connectivity index (χ2v) is 10.2. The number of amides is 1. The second-order valence-electron chi connectivity index (χ2n) is 9.34. The molecule has 1 amide bonds. The number of allylic oxidation sites excluding steroid dienone is 1. The number of fused-ring (bicyclic) bond motifs is 1. The Kier molecular flexibility index (Phi) is 9.35. The zero-order valence-electron chi connectivity index (χ0n) is 23.0. The average Bonchev–Trinajstić information content (AvgIpc) is 3.36. The molecular formula is C30H35N3O5S. The maximum atomic E-state index is 13.2. The number of nitrogens with zero attached hydrogens (tertiary/aromatic N) is 2. The maximum Gasteiger partial charge on any atom is 0.338 e. The smallest absolute Gasteiger partial charge is 0.338 e. The summed E-state index contributed by atoms with van der Waals surface area (Å²) in [5.74, 6) is 0.599. The van der Waals surface area contributed by atoms with E-state index in [1.807, 2.05) is 79.6 Å². The molecule has 0 saturated heterocycles. The fraction of sp³-hybridized carbons (Fsp3) is 0.367. The molecule has 0 saturated carbocycles. The highest BCUT2D eigenvalue weighted by atomic mass is 32.2. The van der Waals surface area contributed by atoms with Gasteiger partial charge in [0, 0.05) is 11.7 Å². The van der Waals surface area contributed by atoms with Gasteiger partial charge in [0.1, 0.15) is 6.61 Å². The van der Waals surface area contributed by atoms with Gasteiger partial charge >= 0.3 is 5.97 Å². The first-order valence-electron chi connectivity index (χ1n) is 13.1. The molecule has 8 nitrogen and oxygen atoms in total. The Hall–Kier alpha value is -3.72. The SMILES string of the molecule is CCC1=C(C(=O)OC)[C@H](c2ccc(OCc3ccccc3)c(OC)c2)N2C(CC(=O)N[C@H](C)CC)=CSC2=N1. The Balaban J connectivity index is 1.71. The lowest BCUT2D eigenvalue weighted by molar-refractivity contribution is -0.136. The number of carbonyl (C=O) groups is 2. The van der Waals surface area contributed by atoms with E-state index in [9.17, 15) is 9.59 Å². The number of benzene rings is 2. The van der Waals surface area contributed by atoms with Crippen LogP contribution in [0.2, 0.25) is 0 Å². The quantitative estimate of drug-likeness (QED) is 0.359. The summed E-state index contributed by atoms with van der Waals surface area (Å²) in [5, 5.41) is 5.69. The van der Waals surface area contributed by atoms with E-state index in [1.165, 1.54) is 18.9 Å². The maximum absolute atomic E-state index is 13.2. The fourth-order valence-electron chi connectivity index (χ4n) is 4.53. The summed E-state index contributed by atoms with van der Waals surface area (Å²) >= 11 is 1.45. The number of ether oxygens (including phenoxy) is 3. The number of rotatable bonds is 11. The molecule has 2 atom stereocenters. The minimum atomic E-state index is -0.547. The molecule has 206 valence electrons. The number of aliphatic imine (C=N–C) groups is 1. The molecule has 0 radical (unpaired) electrons. The zero-order valence-corrected chi connectivity index (χ0v) is 23.8. The number of amidine groups is 1. The minimum absolute atomic E-state index is 0.0716. The minimum Gasteiger partial charge on any atom is -0.493 e. The molecule has 9 heteroatoms. The van der Waals surface area contributed by atoms with E-state index >= 15 is 0 Å². The number of carbonyl (C=O) groups excluding carboxylic acids is 2. The van der Waals surface area contributed by atoms with Crippen LogP contribution in [0.25, 0.3) is 0 Å². The Bertz CT molecular complexity index is 1300. The molecule has 0 spiro atoms. The monoisotopic (exact) mass is 549 g/mol. The summed E-state index contributed by atoms with van der Waals surface area (Å²) in [6, 6.07) is 15.1. The van der Waals surface area contributed by atoms with Crippen LogP contribution in [0, 0.1) is 0 Å². The van der Waals surface area contributed by atoms with Gasteiger partial charge in [-0.05, 0) is 48.4 Å². The molecule has 39 heavy (non-hydrogen) atoms. The number of hydrogen-bond acceptors (Lipinski definition) is 8. The van der Waals surface area contributed by atoms with Crippen molar-refractivity contribution in [1.29, 1.82) is 0 Å². The van der Waals surface area contributed by atoms with Crippen molar-refractivity contribution in [2.45, 2.75) is 58.7 Å². The summed E-state index contributed by atoms with van der Waals surface area (Å²) in [7, 11) is 2.96. The van der Waals surface area contributed by atoms with E-state index in [2.05, 4.69) is 5.32 Å². The number of methoxy groups -OCH3 is 2. The third kappa shape index (κ3) is 6.30. The van der Waals surface area contributed by atoms with Crippen molar-refractivity contribution in [3.05, 3.63) is 82.0 Å². The summed E-state index contributed by atoms with van der Waals surface area (Å²) in [4.78, 5) is 32.8. The van der Waals surface area contributed by atoms with Crippen molar-refractivity contribution in [3.8, 4) is 11.5 Å². The molecule has 4 rings (SSSR count). The van der Waals surface area contributed by atoms with Gasteiger partial charge in [0.05, 0.1) is 38.0 Å². The molecule has 0 fully saturated rings. The van der Waals surface area contributed by atoms with Crippen molar-refractivity contribution in [2.75, 3.05) is 14.2 Å². The second kappa shape index (κ2) is 12.9. The molecule has 2 heterocycles. The van der Waals surface area contributed by atoms with Crippen LogP contribution in [-0.2, 0) is 20.9 Å². The van der Waals surface area contributed by atoms with Crippen LogP contribution in [-0.4, -0.2) is 42.2 Å². The highest BCUT2D eigenvalue weighted by Gasteiger charge is 2.41. The molecular weight excluding hydrogens is 514 g/mol. The van der Waals surface area contributed by atoms with Crippen molar-refractivity contribution in [1.82, 2.24) is 10.2 Å². The molecule has 0 bridgehead atoms. The van der Waals surface area contributed by atoms with Crippen LogP contribution < -0.4 is 14.8 Å². The summed E-state index contributed by atoms with van der Waals surface area (Å²) in [5.41, 5.74) is 3.71. The first-order valence-corrected chi connectivity index (χ1v) is 14.0. The van der Waals surface area contributed by atoms with Gasteiger partial charge in [-0.1, -0.05) is 62.0 Å². The molecule has 0 aliphatic carbocycles. The average molecular weight is 550 g/mol. The summed E-state index contributed by atoms with van der Waals surface area (Å²) in [6.45, 7) is 6.36. The van der Waals surface area contributed by atoms with Crippen LogP contribution in [0.3, 0.4) is 0 Å². The van der Waals surface area contributed by atoms with E-state index in [-0.39, 0.29) is 18.4 Å². The van der Waals surface area contributed by atoms with E-state index in [4.69, 9.17) is 19.2 Å². The van der Waals surface area contributed by atoms with E-state index in [1.54, 1.807) is 7.11 Å². The van der Waals surface area contributed by atoms with Crippen molar-refractivity contribution >= 4 is 28.8 Å². The third-order valence-electron chi connectivity index (χ3n) is 6.73. The molecule has 2 aliphatic heterocycles. The van der Waals surface area contributed by atoms with Gasteiger partial charge in [-0.2, -0.15) is 0 Å². The largest absolute Gasteiger partial charge is 0.493 e. The van der Waals surface area contributed by atoms with E-state index < -0.39 is 12.0 Å².